The molecule has 8 heteroatoms. The van der Waals surface area contributed by atoms with Crippen molar-refractivity contribution in [1.82, 2.24) is 15.0 Å². The molecule has 0 aliphatic rings. The Morgan fingerprint density at radius 3 is 2.77 bits per heavy atom. The summed E-state index contributed by atoms with van der Waals surface area (Å²) in [7, 11) is 0. The fraction of sp³-hybridized carbons (Fsp3) is 0.111. The number of pyridine rings is 1. The number of anilines is 3. The molecule has 0 saturated carbocycles. The number of primary amides is 1. The molecule has 0 aliphatic carbocycles. The second kappa shape index (κ2) is 8.26. The number of nitrogens with one attached hydrogen (secondary N) is 2. The average molecular weight is 369 g/mol. The number of carbonyl (C=O) groups is 1. The Balaban J connectivity index is 1.76. The normalized spacial score (nSPS) is 10.3. The standard InChI is InChI=1S/C18H17ClN6O/c19-13-2-1-3-14(11-13)24-18-23-8-5-15(25-18)12-4-7-21-17(10-12)22-9-6-16(20)26/h1-5,7-8,10-11H,6,9H2,(H2,20,26)(H,21,22)(H,23,24,25). The Kier molecular flexibility index (Phi) is 5.60. The molecule has 0 saturated heterocycles. The van der Waals surface area contributed by atoms with Crippen molar-refractivity contribution < 1.29 is 4.79 Å². The lowest BCUT2D eigenvalue weighted by Crippen LogP contribution is -2.16. The van der Waals surface area contributed by atoms with Crippen LogP contribution in [0.25, 0.3) is 11.3 Å². The first kappa shape index (κ1) is 17.6. The predicted molar refractivity (Wildman–Crippen MR) is 102 cm³/mol. The highest BCUT2D eigenvalue weighted by Crippen LogP contribution is 2.22. The van der Waals surface area contributed by atoms with Crippen LogP contribution in [0.5, 0.6) is 0 Å². The first-order valence-electron chi connectivity index (χ1n) is 7.94. The molecule has 1 aromatic carbocycles. The summed E-state index contributed by atoms with van der Waals surface area (Å²) in [5, 5.41) is 6.82. The van der Waals surface area contributed by atoms with Crippen molar-refractivity contribution in [2.75, 3.05) is 17.2 Å². The van der Waals surface area contributed by atoms with E-state index < -0.39 is 0 Å². The fourth-order valence-corrected chi connectivity index (χ4v) is 2.47. The quantitative estimate of drug-likeness (QED) is 0.591. The molecule has 0 atom stereocenters. The first-order chi connectivity index (χ1) is 12.6. The van der Waals surface area contributed by atoms with Gasteiger partial charge in [-0.25, -0.2) is 15.0 Å². The van der Waals surface area contributed by atoms with Crippen LogP contribution in [0.15, 0.2) is 54.9 Å². The number of amides is 1. The van der Waals surface area contributed by atoms with E-state index in [4.69, 9.17) is 17.3 Å². The van der Waals surface area contributed by atoms with Gasteiger partial charge in [0.15, 0.2) is 0 Å². The largest absolute Gasteiger partial charge is 0.370 e. The highest BCUT2D eigenvalue weighted by molar-refractivity contribution is 6.30. The number of nitrogens with two attached hydrogens (primary N) is 1. The summed E-state index contributed by atoms with van der Waals surface area (Å²) in [6.45, 7) is 0.428. The molecule has 132 valence electrons. The third-order valence-electron chi connectivity index (χ3n) is 3.47. The highest BCUT2D eigenvalue weighted by Gasteiger charge is 2.05. The van der Waals surface area contributed by atoms with Crippen LogP contribution in [0.2, 0.25) is 5.02 Å². The van der Waals surface area contributed by atoms with Crippen LogP contribution >= 0.6 is 11.6 Å². The van der Waals surface area contributed by atoms with Gasteiger partial charge in [-0.05, 0) is 36.4 Å². The van der Waals surface area contributed by atoms with Gasteiger partial charge in [0.25, 0.3) is 0 Å². The Hall–Kier alpha value is -3.19. The van der Waals surface area contributed by atoms with E-state index in [1.54, 1.807) is 24.5 Å². The number of halogens is 1. The van der Waals surface area contributed by atoms with Crippen LogP contribution in [-0.2, 0) is 4.79 Å². The van der Waals surface area contributed by atoms with E-state index in [9.17, 15) is 4.79 Å². The van der Waals surface area contributed by atoms with E-state index in [2.05, 4.69) is 25.6 Å². The van der Waals surface area contributed by atoms with E-state index in [-0.39, 0.29) is 12.3 Å². The van der Waals surface area contributed by atoms with Crippen molar-refractivity contribution in [2.24, 2.45) is 5.73 Å². The van der Waals surface area contributed by atoms with Crippen molar-refractivity contribution >= 4 is 35.0 Å². The summed E-state index contributed by atoms with van der Waals surface area (Å²) in [5.74, 6) is 0.748. The molecule has 0 radical (unpaired) electrons. The zero-order valence-corrected chi connectivity index (χ0v) is 14.6. The van der Waals surface area contributed by atoms with E-state index >= 15 is 0 Å². The van der Waals surface area contributed by atoms with Gasteiger partial charge in [0.2, 0.25) is 11.9 Å². The molecule has 4 N–H and O–H groups in total. The molecule has 2 heterocycles. The zero-order valence-electron chi connectivity index (χ0n) is 13.8. The predicted octanol–water partition coefficient (Wildman–Crippen LogP) is 3.22. The molecule has 0 fully saturated rings. The summed E-state index contributed by atoms with van der Waals surface area (Å²) in [5.41, 5.74) is 7.55. The Morgan fingerprint density at radius 1 is 1.12 bits per heavy atom. The number of hydrogen-bond acceptors (Lipinski definition) is 6. The number of benzene rings is 1. The van der Waals surface area contributed by atoms with Crippen molar-refractivity contribution in [1.29, 1.82) is 0 Å². The van der Waals surface area contributed by atoms with Crippen LogP contribution in [0.1, 0.15) is 6.42 Å². The number of aromatic nitrogens is 3. The molecule has 1 amide bonds. The van der Waals surface area contributed by atoms with Crippen molar-refractivity contribution in [2.45, 2.75) is 6.42 Å². The van der Waals surface area contributed by atoms with Gasteiger partial charge in [-0.1, -0.05) is 17.7 Å². The van der Waals surface area contributed by atoms with E-state index in [0.717, 1.165) is 16.9 Å². The molecule has 2 aromatic heterocycles. The molecule has 0 aliphatic heterocycles. The maximum atomic E-state index is 10.8. The molecule has 3 rings (SSSR count). The molecular formula is C18H17ClN6O. The van der Waals surface area contributed by atoms with Gasteiger partial charge < -0.3 is 16.4 Å². The number of nitrogens with zero attached hydrogens (tertiary/aromatic N) is 3. The van der Waals surface area contributed by atoms with Crippen LogP contribution in [0.4, 0.5) is 17.5 Å². The van der Waals surface area contributed by atoms with E-state index in [0.29, 0.717) is 23.3 Å². The zero-order chi connectivity index (χ0) is 18.4. The molecule has 26 heavy (non-hydrogen) atoms. The summed E-state index contributed by atoms with van der Waals surface area (Å²) in [6, 6.07) is 12.8. The van der Waals surface area contributed by atoms with Crippen molar-refractivity contribution in [3.8, 4) is 11.3 Å². The minimum atomic E-state index is -0.360. The summed E-state index contributed by atoms with van der Waals surface area (Å²) in [6.07, 6.45) is 3.59. The number of hydrogen-bond donors (Lipinski definition) is 3. The van der Waals surface area contributed by atoms with Crippen LogP contribution < -0.4 is 16.4 Å². The van der Waals surface area contributed by atoms with Gasteiger partial charge in [0, 0.05) is 41.6 Å². The van der Waals surface area contributed by atoms with Crippen LogP contribution in [0, 0.1) is 0 Å². The van der Waals surface area contributed by atoms with Crippen LogP contribution in [-0.4, -0.2) is 27.4 Å². The van der Waals surface area contributed by atoms with Gasteiger partial charge in [0.05, 0.1) is 5.69 Å². The van der Waals surface area contributed by atoms with Gasteiger partial charge >= 0.3 is 0 Å². The summed E-state index contributed by atoms with van der Waals surface area (Å²) < 4.78 is 0. The van der Waals surface area contributed by atoms with Crippen LogP contribution in [0.3, 0.4) is 0 Å². The highest BCUT2D eigenvalue weighted by atomic mass is 35.5. The molecule has 0 unspecified atom stereocenters. The second-order valence-corrected chi connectivity index (χ2v) is 5.91. The van der Waals surface area contributed by atoms with Crippen molar-refractivity contribution in [3.05, 3.63) is 59.9 Å². The van der Waals surface area contributed by atoms with Gasteiger partial charge in [-0.15, -0.1) is 0 Å². The molecule has 0 spiro atoms. The SMILES string of the molecule is NC(=O)CCNc1cc(-c2ccnc(Nc3cccc(Cl)c3)n2)ccn1. The maximum absolute atomic E-state index is 10.8. The third-order valence-corrected chi connectivity index (χ3v) is 3.70. The van der Waals surface area contributed by atoms with Gasteiger partial charge in [0.1, 0.15) is 5.82 Å². The first-order valence-corrected chi connectivity index (χ1v) is 8.32. The fourth-order valence-electron chi connectivity index (χ4n) is 2.28. The lowest BCUT2D eigenvalue weighted by Gasteiger charge is -2.08. The maximum Gasteiger partial charge on any atom is 0.227 e. The smallest absolute Gasteiger partial charge is 0.227 e. The molecule has 0 bridgehead atoms. The monoisotopic (exact) mass is 368 g/mol. The lowest BCUT2D eigenvalue weighted by molar-refractivity contribution is -0.117. The Bertz CT molecular complexity index is 917. The summed E-state index contributed by atoms with van der Waals surface area (Å²) in [4.78, 5) is 23.8. The van der Waals surface area contributed by atoms with Crippen molar-refractivity contribution in [3.63, 3.8) is 0 Å². The van der Waals surface area contributed by atoms with E-state index in [1.807, 2.05) is 30.3 Å². The minimum Gasteiger partial charge on any atom is -0.370 e. The minimum absolute atomic E-state index is 0.243. The molecule has 3 aromatic rings. The second-order valence-electron chi connectivity index (χ2n) is 5.47. The van der Waals surface area contributed by atoms with E-state index in [1.165, 1.54) is 0 Å². The Labute approximate surface area is 155 Å². The Morgan fingerprint density at radius 2 is 1.96 bits per heavy atom. The summed E-state index contributed by atoms with van der Waals surface area (Å²) >= 11 is 5.99. The molecule has 7 nitrogen and oxygen atoms in total. The number of carbonyl (C=O) groups excluding carboxylic acids is 1. The van der Waals surface area contributed by atoms with Gasteiger partial charge in [-0.3, -0.25) is 4.79 Å². The van der Waals surface area contributed by atoms with Gasteiger partial charge in [-0.2, -0.15) is 0 Å². The molecular weight excluding hydrogens is 352 g/mol. The lowest BCUT2D eigenvalue weighted by atomic mass is 10.2. The number of rotatable bonds is 7. The topological polar surface area (TPSA) is 106 Å². The average Bonchev–Trinajstić information content (AvgIpc) is 2.62. The third kappa shape index (κ3) is 4.90.